The molecule has 1 aliphatic heterocycles. The van der Waals surface area contributed by atoms with Crippen LogP contribution in [0.2, 0.25) is 0 Å². The lowest BCUT2D eigenvalue weighted by Crippen LogP contribution is -2.45. The Kier molecular flexibility index (Phi) is 45.3. The number of unbranched alkanes of at least 4 members (excludes halogenated alkanes) is 24. The Bertz CT molecular complexity index is 1220. The molecule has 1 heterocycles. The lowest BCUT2D eigenvalue weighted by atomic mass is 9.96. The van der Waals surface area contributed by atoms with Crippen LogP contribution < -0.4 is 0 Å². The summed E-state index contributed by atoms with van der Waals surface area (Å²) >= 11 is 0. The minimum absolute atomic E-state index is 0.0294. The van der Waals surface area contributed by atoms with E-state index in [4.69, 9.17) is 9.47 Å². The summed E-state index contributed by atoms with van der Waals surface area (Å²) < 4.78 is 42.3. The van der Waals surface area contributed by atoms with Gasteiger partial charge in [0.2, 0.25) is 10.0 Å². The average molecular weight is 1010 g/mol. The highest BCUT2D eigenvalue weighted by atomic mass is 32.2. The van der Waals surface area contributed by atoms with Gasteiger partial charge >= 0.3 is 11.9 Å². The number of sulfonamides is 1. The van der Waals surface area contributed by atoms with Gasteiger partial charge in [0.15, 0.2) is 0 Å². The third-order valence-electron chi connectivity index (χ3n) is 15.4. The minimum Gasteiger partial charge on any atom is -0.465 e. The van der Waals surface area contributed by atoms with Gasteiger partial charge < -0.3 is 19.3 Å². The van der Waals surface area contributed by atoms with E-state index in [2.05, 4.69) is 51.5 Å². The van der Waals surface area contributed by atoms with Crippen molar-refractivity contribution in [3.05, 3.63) is 0 Å². The maximum Gasteiger partial charge on any atom is 0.305 e. The molecule has 2 atom stereocenters. The molecule has 0 bridgehead atoms. The van der Waals surface area contributed by atoms with Gasteiger partial charge in [-0.15, -0.1) is 0 Å². The fourth-order valence-electron chi connectivity index (χ4n) is 10.4. The van der Waals surface area contributed by atoms with Crippen LogP contribution in [0.15, 0.2) is 0 Å². The van der Waals surface area contributed by atoms with Crippen LogP contribution in [0.25, 0.3) is 0 Å². The molecular formula is C60H119N3O6S. The number of piperazine rings is 1. The van der Waals surface area contributed by atoms with Gasteiger partial charge in [0.1, 0.15) is 0 Å². The molecule has 1 fully saturated rings. The van der Waals surface area contributed by atoms with Crippen molar-refractivity contribution in [3.8, 4) is 0 Å². The van der Waals surface area contributed by atoms with Crippen molar-refractivity contribution in [1.29, 1.82) is 0 Å². The smallest absolute Gasteiger partial charge is 0.305 e. The summed E-state index contributed by atoms with van der Waals surface area (Å²) in [5.74, 6) is 1.22. The Morgan fingerprint density at radius 1 is 0.443 bits per heavy atom. The molecule has 416 valence electrons. The number of nitrogens with zero attached hydrogens (tertiary/aromatic N) is 3. The van der Waals surface area contributed by atoms with Gasteiger partial charge in [-0.3, -0.25) is 9.59 Å². The van der Waals surface area contributed by atoms with E-state index in [0.717, 1.165) is 168 Å². The van der Waals surface area contributed by atoms with Crippen molar-refractivity contribution in [2.45, 2.75) is 297 Å². The van der Waals surface area contributed by atoms with E-state index in [9.17, 15) is 18.0 Å². The monoisotopic (exact) mass is 1010 g/mol. The van der Waals surface area contributed by atoms with E-state index >= 15 is 0 Å². The van der Waals surface area contributed by atoms with Gasteiger partial charge in [0.05, 0.1) is 19.0 Å². The number of carbonyl (C=O) groups excluding carboxylic acids is 2. The Balaban J connectivity index is 2.76. The molecule has 1 aliphatic rings. The summed E-state index contributed by atoms with van der Waals surface area (Å²) in [6.07, 6.45) is 43.6. The van der Waals surface area contributed by atoms with E-state index in [1.165, 1.54) is 109 Å². The predicted molar refractivity (Wildman–Crippen MR) is 300 cm³/mol. The first-order valence-electron chi connectivity index (χ1n) is 30.8. The highest BCUT2D eigenvalue weighted by Gasteiger charge is 2.29. The Hall–Kier alpha value is -1.23. The Morgan fingerprint density at radius 2 is 0.814 bits per heavy atom. The number of likely N-dealkylation sites (N-methyl/N-ethyl adjacent to an activating group) is 1. The van der Waals surface area contributed by atoms with Crippen LogP contribution in [0.3, 0.4) is 0 Å². The van der Waals surface area contributed by atoms with E-state index in [1.54, 1.807) is 0 Å². The quantitative estimate of drug-likeness (QED) is 0.0439. The molecule has 0 aliphatic carbocycles. The summed E-state index contributed by atoms with van der Waals surface area (Å²) in [4.78, 5) is 30.3. The van der Waals surface area contributed by atoms with Crippen LogP contribution in [0.4, 0.5) is 0 Å². The largest absolute Gasteiger partial charge is 0.465 e. The SMILES string of the molecule is CCCCCCCCS(=O)(=O)N(CCCCN1CCN(C)CC1)C(CCCCCCCCC(=O)OCC(CCCC)CCCCCC)CCCCCCCCC(=O)OCC(CCCC)CCCCCC. The molecule has 10 heteroatoms. The highest BCUT2D eigenvalue weighted by molar-refractivity contribution is 7.89. The summed E-state index contributed by atoms with van der Waals surface area (Å²) in [5, 5.41) is 0. The predicted octanol–water partition coefficient (Wildman–Crippen LogP) is 16.3. The second kappa shape index (κ2) is 47.5. The van der Waals surface area contributed by atoms with Gasteiger partial charge in [-0.2, -0.15) is 4.31 Å². The zero-order valence-electron chi connectivity index (χ0n) is 47.6. The second-order valence-corrected chi connectivity index (χ2v) is 24.1. The molecule has 0 aromatic heterocycles. The zero-order chi connectivity index (χ0) is 51.2. The summed E-state index contributed by atoms with van der Waals surface area (Å²) in [6, 6.07) is 0.0545. The topological polar surface area (TPSA) is 96.5 Å². The van der Waals surface area contributed by atoms with Crippen molar-refractivity contribution < 1.29 is 27.5 Å². The van der Waals surface area contributed by atoms with Gasteiger partial charge in [-0.05, 0) is 96.1 Å². The number of ether oxygens (including phenoxy) is 2. The standard InChI is InChI=1S/C60H119N3O6S/c1-7-12-17-20-29-38-53-70(66,67)63(48-37-36-47-62-51-49-61(6)50-52-62)58(43-32-25-21-23-27-34-45-59(64)68-54-56(39-15-10-4)41-30-18-13-8-2)44-33-26-22-24-28-35-46-60(65)69-55-57(40-16-11-5)42-31-19-14-9-3/h56-58H,7-55H2,1-6H3. The zero-order valence-corrected chi connectivity index (χ0v) is 48.4. The maximum absolute atomic E-state index is 14.4. The molecular weight excluding hydrogens is 891 g/mol. The van der Waals surface area contributed by atoms with Gasteiger partial charge in [-0.1, -0.05) is 208 Å². The van der Waals surface area contributed by atoms with Gasteiger partial charge in [0.25, 0.3) is 0 Å². The molecule has 0 saturated carbocycles. The van der Waals surface area contributed by atoms with Crippen molar-refractivity contribution in [2.24, 2.45) is 11.8 Å². The molecule has 70 heavy (non-hydrogen) atoms. The third-order valence-corrected chi connectivity index (χ3v) is 17.4. The Labute approximate surface area is 436 Å². The number of hydrogen-bond acceptors (Lipinski definition) is 8. The second-order valence-electron chi connectivity index (χ2n) is 22.1. The van der Waals surface area contributed by atoms with Crippen LogP contribution >= 0.6 is 0 Å². The minimum atomic E-state index is -3.37. The number of esters is 2. The first kappa shape index (κ1) is 66.8. The molecule has 0 amide bonds. The van der Waals surface area contributed by atoms with E-state index < -0.39 is 10.0 Å². The van der Waals surface area contributed by atoms with Crippen molar-refractivity contribution >= 4 is 22.0 Å². The first-order valence-corrected chi connectivity index (χ1v) is 32.4. The Morgan fingerprint density at radius 3 is 1.27 bits per heavy atom. The normalized spacial score (nSPS) is 15.1. The number of rotatable bonds is 52. The van der Waals surface area contributed by atoms with Crippen molar-refractivity contribution in [3.63, 3.8) is 0 Å². The lowest BCUT2D eigenvalue weighted by molar-refractivity contribution is -0.146. The molecule has 2 unspecified atom stereocenters. The van der Waals surface area contributed by atoms with Crippen LogP contribution in [0.1, 0.15) is 291 Å². The van der Waals surface area contributed by atoms with Crippen LogP contribution in [-0.4, -0.2) is 106 Å². The first-order chi connectivity index (χ1) is 34.1. The van der Waals surface area contributed by atoms with E-state index in [1.807, 2.05) is 4.31 Å². The van der Waals surface area contributed by atoms with E-state index in [0.29, 0.717) is 44.4 Å². The van der Waals surface area contributed by atoms with Crippen molar-refractivity contribution in [2.75, 3.05) is 65.3 Å². The molecule has 0 aromatic carbocycles. The molecule has 1 saturated heterocycles. The fraction of sp³-hybridized carbons (Fsp3) is 0.967. The van der Waals surface area contributed by atoms with Crippen LogP contribution in [0, 0.1) is 11.8 Å². The van der Waals surface area contributed by atoms with Gasteiger partial charge in [-0.25, -0.2) is 8.42 Å². The number of carbonyl (C=O) groups is 2. The molecule has 1 rings (SSSR count). The van der Waals surface area contributed by atoms with Gasteiger partial charge in [0, 0.05) is 51.6 Å². The van der Waals surface area contributed by atoms with Crippen LogP contribution in [0.5, 0.6) is 0 Å². The lowest BCUT2D eigenvalue weighted by Gasteiger charge is -2.33. The molecule has 0 radical (unpaired) electrons. The molecule has 9 nitrogen and oxygen atoms in total. The number of hydrogen-bond donors (Lipinski definition) is 0. The highest BCUT2D eigenvalue weighted by Crippen LogP contribution is 2.25. The average Bonchev–Trinajstić information content (AvgIpc) is 3.35. The molecule has 0 spiro atoms. The maximum atomic E-state index is 14.4. The summed E-state index contributed by atoms with van der Waals surface area (Å²) in [7, 11) is -1.17. The van der Waals surface area contributed by atoms with E-state index in [-0.39, 0.29) is 23.7 Å². The molecule has 0 N–H and O–H groups in total. The van der Waals surface area contributed by atoms with Crippen LogP contribution in [-0.2, 0) is 29.1 Å². The molecule has 0 aromatic rings. The summed E-state index contributed by atoms with van der Waals surface area (Å²) in [5.41, 5.74) is 0. The fourth-order valence-corrected chi connectivity index (χ4v) is 12.3. The van der Waals surface area contributed by atoms with Crippen molar-refractivity contribution in [1.82, 2.24) is 14.1 Å². The third kappa shape index (κ3) is 38.4. The summed E-state index contributed by atoms with van der Waals surface area (Å²) in [6.45, 7) is 18.5.